The number of nitrogens with one attached hydrogen (secondary N) is 3. The van der Waals surface area contributed by atoms with Crippen LogP contribution in [0.4, 0.5) is 0 Å². The van der Waals surface area contributed by atoms with Crippen LogP contribution in [0.1, 0.15) is 33.6 Å². The highest BCUT2D eigenvalue weighted by molar-refractivity contribution is 14.0. The molecule has 0 bridgehead atoms. The second-order valence-corrected chi connectivity index (χ2v) is 5.00. The number of guanidine groups is 1. The number of carbonyl (C=O) groups excluding carboxylic acids is 1. The average Bonchev–Trinajstić information content (AvgIpc) is 2.43. The summed E-state index contributed by atoms with van der Waals surface area (Å²) in [6, 6.07) is 0. The second-order valence-electron chi connectivity index (χ2n) is 5.00. The van der Waals surface area contributed by atoms with Crippen LogP contribution in [-0.2, 0) is 9.53 Å². The molecule has 0 aliphatic rings. The van der Waals surface area contributed by atoms with Crippen LogP contribution < -0.4 is 16.0 Å². The van der Waals surface area contributed by atoms with Gasteiger partial charge in [-0.3, -0.25) is 9.79 Å². The molecule has 0 spiro atoms. The van der Waals surface area contributed by atoms with Gasteiger partial charge in [-0.05, 0) is 18.8 Å². The molecule has 0 saturated heterocycles. The van der Waals surface area contributed by atoms with E-state index in [1.54, 1.807) is 7.05 Å². The maximum Gasteiger partial charge on any atom is 0.239 e. The van der Waals surface area contributed by atoms with Gasteiger partial charge in [-0.2, -0.15) is 0 Å². The number of carbonyl (C=O) groups is 1. The van der Waals surface area contributed by atoms with Gasteiger partial charge >= 0.3 is 0 Å². The van der Waals surface area contributed by atoms with E-state index in [-0.39, 0.29) is 36.4 Å². The zero-order valence-electron chi connectivity index (χ0n) is 13.7. The van der Waals surface area contributed by atoms with Crippen LogP contribution in [0.3, 0.4) is 0 Å². The third kappa shape index (κ3) is 15.6. The predicted octanol–water partition coefficient (Wildman–Crippen LogP) is 1.36. The fourth-order valence-corrected chi connectivity index (χ4v) is 1.37. The number of amides is 1. The highest BCUT2D eigenvalue weighted by atomic mass is 127. The molecular weight excluding hydrogens is 383 g/mol. The molecule has 21 heavy (non-hydrogen) atoms. The molecule has 6 nitrogen and oxygen atoms in total. The summed E-state index contributed by atoms with van der Waals surface area (Å²) in [5.41, 5.74) is 0. The van der Waals surface area contributed by atoms with Crippen LogP contribution >= 0.6 is 24.0 Å². The summed E-state index contributed by atoms with van der Waals surface area (Å²) < 4.78 is 5.49. The van der Waals surface area contributed by atoms with Crippen molar-refractivity contribution in [3.8, 4) is 0 Å². The van der Waals surface area contributed by atoms with Gasteiger partial charge in [0, 0.05) is 26.7 Å². The van der Waals surface area contributed by atoms with E-state index in [2.05, 4.69) is 34.8 Å². The second kappa shape index (κ2) is 15.8. The summed E-state index contributed by atoms with van der Waals surface area (Å²) in [5.74, 6) is 1.26. The van der Waals surface area contributed by atoms with E-state index in [0.29, 0.717) is 31.6 Å². The van der Waals surface area contributed by atoms with Crippen molar-refractivity contribution in [3.63, 3.8) is 0 Å². The van der Waals surface area contributed by atoms with Gasteiger partial charge in [0.15, 0.2) is 5.96 Å². The summed E-state index contributed by atoms with van der Waals surface area (Å²) >= 11 is 0. The van der Waals surface area contributed by atoms with Gasteiger partial charge in [-0.1, -0.05) is 20.8 Å². The average molecular weight is 414 g/mol. The van der Waals surface area contributed by atoms with E-state index >= 15 is 0 Å². The van der Waals surface area contributed by atoms with Crippen molar-refractivity contribution in [2.24, 2.45) is 10.9 Å². The molecule has 1 amide bonds. The van der Waals surface area contributed by atoms with Gasteiger partial charge in [0.25, 0.3) is 0 Å². The van der Waals surface area contributed by atoms with Gasteiger partial charge in [-0.15, -0.1) is 24.0 Å². The van der Waals surface area contributed by atoms with Crippen LogP contribution in [-0.4, -0.2) is 51.8 Å². The number of ether oxygens (including phenoxy) is 1. The molecule has 0 aliphatic heterocycles. The number of aliphatic imine (C=N–C) groups is 1. The van der Waals surface area contributed by atoms with Gasteiger partial charge < -0.3 is 20.7 Å². The zero-order chi connectivity index (χ0) is 15.2. The molecule has 0 unspecified atom stereocenters. The molecule has 0 rings (SSSR count). The Kier molecular flexibility index (Phi) is 17.1. The molecule has 0 atom stereocenters. The van der Waals surface area contributed by atoms with Gasteiger partial charge in [0.2, 0.25) is 5.91 Å². The molecule has 0 fully saturated rings. The minimum atomic E-state index is -0.0250. The summed E-state index contributed by atoms with van der Waals surface area (Å²) in [5, 5.41) is 8.86. The van der Waals surface area contributed by atoms with E-state index in [0.717, 1.165) is 19.4 Å². The van der Waals surface area contributed by atoms with Crippen molar-refractivity contribution < 1.29 is 9.53 Å². The van der Waals surface area contributed by atoms with E-state index in [9.17, 15) is 4.79 Å². The van der Waals surface area contributed by atoms with Gasteiger partial charge in [-0.25, -0.2) is 0 Å². The standard InChI is InChI=1S/C14H30N4O2.HI/c1-5-7-16-13(19)11-18-14(15-4)17-8-10-20-9-6-12(2)3;/h12H,5-11H2,1-4H3,(H,16,19)(H2,15,17,18);1H. The lowest BCUT2D eigenvalue weighted by atomic mass is 10.1. The van der Waals surface area contributed by atoms with Gasteiger partial charge in [0.05, 0.1) is 13.2 Å². The first-order valence-electron chi connectivity index (χ1n) is 7.39. The van der Waals surface area contributed by atoms with Crippen LogP contribution in [0.2, 0.25) is 0 Å². The number of nitrogens with zero attached hydrogens (tertiary/aromatic N) is 1. The first-order valence-corrected chi connectivity index (χ1v) is 7.39. The first-order chi connectivity index (χ1) is 9.60. The Bertz CT molecular complexity index is 286. The Morgan fingerprint density at radius 1 is 1.14 bits per heavy atom. The third-order valence-electron chi connectivity index (χ3n) is 2.59. The van der Waals surface area contributed by atoms with E-state index in [1.165, 1.54) is 0 Å². The van der Waals surface area contributed by atoms with E-state index in [4.69, 9.17) is 4.74 Å². The number of hydrogen-bond donors (Lipinski definition) is 3. The minimum absolute atomic E-state index is 0. The minimum Gasteiger partial charge on any atom is -0.380 e. The topological polar surface area (TPSA) is 74.8 Å². The molecule has 0 heterocycles. The Hall–Kier alpha value is -0.570. The predicted molar refractivity (Wildman–Crippen MR) is 98.4 cm³/mol. The molecule has 0 aliphatic carbocycles. The molecule has 126 valence electrons. The highest BCUT2D eigenvalue weighted by Crippen LogP contribution is 1.98. The van der Waals surface area contributed by atoms with Crippen molar-refractivity contribution in [1.29, 1.82) is 0 Å². The molecule has 0 radical (unpaired) electrons. The Labute approximate surface area is 145 Å². The first kappa shape index (κ1) is 22.7. The van der Waals surface area contributed by atoms with Crippen LogP contribution in [0.15, 0.2) is 4.99 Å². The van der Waals surface area contributed by atoms with Crippen molar-refractivity contribution in [3.05, 3.63) is 0 Å². The smallest absolute Gasteiger partial charge is 0.239 e. The Morgan fingerprint density at radius 2 is 1.86 bits per heavy atom. The fourth-order valence-electron chi connectivity index (χ4n) is 1.37. The van der Waals surface area contributed by atoms with Crippen molar-refractivity contribution in [2.75, 3.05) is 39.9 Å². The van der Waals surface area contributed by atoms with Crippen LogP contribution in [0, 0.1) is 5.92 Å². The third-order valence-corrected chi connectivity index (χ3v) is 2.59. The van der Waals surface area contributed by atoms with E-state index in [1.807, 2.05) is 6.92 Å². The van der Waals surface area contributed by atoms with Gasteiger partial charge in [0.1, 0.15) is 0 Å². The molecular formula is C14H31IN4O2. The maximum atomic E-state index is 11.4. The van der Waals surface area contributed by atoms with Crippen LogP contribution in [0.25, 0.3) is 0 Å². The molecule has 3 N–H and O–H groups in total. The lowest BCUT2D eigenvalue weighted by molar-refractivity contribution is -0.120. The maximum absolute atomic E-state index is 11.4. The molecule has 0 aromatic rings. The molecule has 0 aromatic heterocycles. The molecule has 0 saturated carbocycles. The quantitative estimate of drug-likeness (QED) is 0.219. The Balaban J connectivity index is 0. The number of hydrogen-bond acceptors (Lipinski definition) is 3. The van der Waals surface area contributed by atoms with Crippen molar-refractivity contribution >= 4 is 35.8 Å². The number of rotatable bonds is 10. The normalized spacial score (nSPS) is 11.0. The summed E-state index contributed by atoms with van der Waals surface area (Å²) in [6.45, 7) is 9.40. The van der Waals surface area contributed by atoms with E-state index < -0.39 is 0 Å². The molecule has 0 aromatic carbocycles. The lowest BCUT2D eigenvalue weighted by Crippen LogP contribution is -2.44. The van der Waals surface area contributed by atoms with Crippen molar-refractivity contribution in [2.45, 2.75) is 33.6 Å². The summed E-state index contributed by atoms with van der Waals surface area (Å²) in [4.78, 5) is 15.5. The van der Waals surface area contributed by atoms with Crippen molar-refractivity contribution in [1.82, 2.24) is 16.0 Å². The highest BCUT2D eigenvalue weighted by Gasteiger charge is 2.02. The summed E-state index contributed by atoms with van der Waals surface area (Å²) in [7, 11) is 1.68. The monoisotopic (exact) mass is 414 g/mol. The molecule has 7 heteroatoms. The largest absolute Gasteiger partial charge is 0.380 e. The fraction of sp³-hybridized carbons (Fsp3) is 0.857. The summed E-state index contributed by atoms with van der Waals surface area (Å²) in [6.07, 6.45) is 2.01. The lowest BCUT2D eigenvalue weighted by Gasteiger charge is -2.12. The Morgan fingerprint density at radius 3 is 2.43 bits per heavy atom. The zero-order valence-corrected chi connectivity index (χ0v) is 16.0. The number of halogens is 1. The SMILES string of the molecule is CCCNC(=O)CNC(=NC)NCCOCCC(C)C.I. The van der Waals surface area contributed by atoms with Crippen LogP contribution in [0.5, 0.6) is 0 Å².